The molecule has 4 heteroatoms. The van der Waals surface area contributed by atoms with Gasteiger partial charge in [0, 0.05) is 0 Å². The van der Waals surface area contributed by atoms with E-state index in [2.05, 4.69) is 20.8 Å². The number of hydrogen-bond acceptors (Lipinski definition) is 4. The van der Waals surface area contributed by atoms with Crippen LogP contribution < -0.4 is 0 Å². The van der Waals surface area contributed by atoms with Crippen LogP contribution in [0.4, 0.5) is 0 Å². The number of benzene rings is 4. The van der Waals surface area contributed by atoms with E-state index in [-0.39, 0.29) is 26.4 Å². The molecule has 4 aromatic carbocycles. The molecule has 0 radical (unpaired) electrons. The third-order valence-corrected chi connectivity index (χ3v) is 4.67. The summed E-state index contributed by atoms with van der Waals surface area (Å²) >= 11 is 0. The molecule has 0 spiro atoms. The summed E-state index contributed by atoms with van der Waals surface area (Å²) in [5.74, 6) is 0.833. The molecule has 0 atom stereocenters. The van der Waals surface area contributed by atoms with Crippen molar-refractivity contribution in [3.8, 4) is 0 Å². The van der Waals surface area contributed by atoms with Gasteiger partial charge in [0.2, 0.25) is 0 Å². The zero-order chi connectivity index (χ0) is 27.5. The second-order valence-electron chi connectivity index (χ2n) is 8.40. The summed E-state index contributed by atoms with van der Waals surface area (Å²) in [6, 6.07) is 23.2. The van der Waals surface area contributed by atoms with Crippen molar-refractivity contribution in [2.24, 2.45) is 5.92 Å². The van der Waals surface area contributed by atoms with Crippen molar-refractivity contribution in [2.45, 2.75) is 74.9 Å². The van der Waals surface area contributed by atoms with Gasteiger partial charge in [0.05, 0.1) is 26.4 Å². The molecule has 4 nitrogen and oxygen atoms in total. The molecular formula is C32H46O4. The Bertz CT molecular complexity index is 943. The van der Waals surface area contributed by atoms with Gasteiger partial charge in [0.25, 0.3) is 0 Å². The van der Waals surface area contributed by atoms with Crippen LogP contribution in [0.2, 0.25) is 0 Å². The minimum absolute atomic E-state index is 0.0672. The van der Waals surface area contributed by atoms with Crippen LogP contribution in [0.25, 0.3) is 21.5 Å². The average Bonchev–Trinajstić information content (AvgIpc) is 2.94. The van der Waals surface area contributed by atoms with Crippen molar-refractivity contribution in [3.05, 3.63) is 95.1 Å². The van der Waals surface area contributed by atoms with Gasteiger partial charge < -0.3 is 20.4 Å². The summed E-state index contributed by atoms with van der Waals surface area (Å²) in [4.78, 5) is 0. The highest BCUT2D eigenvalue weighted by Gasteiger charge is 1.98. The Hall–Kier alpha value is -2.76. The zero-order valence-electron chi connectivity index (χ0n) is 23.1. The number of rotatable bonds is 4. The zero-order valence-corrected chi connectivity index (χ0v) is 23.1. The van der Waals surface area contributed by atoms with Crippen LogP contribution in [-0.2, 0) is 26.4 Å². The van der Waals surface area contributed by atoms with Gasteiger partial charge in [-0.15, -0.1) is 0 Å². The lowest BCUT2D eigenvalue weighted by Crippen LogP contribution is -1.85. The normalized spacial score (nSPS) is 9.67. The van der Waals surface area contributed by atoms with Crippen molar-refractivity contribution < 1.29 is 20.4 Å². The van der Waals surface area contributed by atoms with Gasteiger partial charge in [-0.2, -0.15) is 0 Å². The molecule has 0 bridgehead atoms. The summed E-state index contributed by atoms with van der Waals surface area (Å²) in [6.45, 7) is 14.8. The van der Waals surface area contributed by atoms with Crippen LogP contribution in [0.1, 0.15) is 70.7 Å². The third-order valence-electron chi connectivity index (χ3n) is 4.67. The van der Waals surface area contributed by atoms with Gasteiger partial charge in [-0.05, 0) is 74.0 Å². The highest BCUT2D eigenvalue weighted by atomic mass is 16.3. The summed E-state index contributed by atoms with van der Waals surface area (Å²) in [6.07, 6.45) is 0. The van der Waals surface area contributed by atoms with Crippen LogP contribution >= 0.6 is 0 Å². The smallest absolute Gasteiger partial charge is 0.0682 e. The Labute approximate surface area is 217 Å². The van der Waals surface area contributed by atoms with Gasteiger partial charge in [-0.1, -0.05) is 97.0 Å². The molecule has 4 N–H and O–H groups in total. The molecule has 0 aromatic heterocycles. The highest BCUT2D eigenvalue weighted by molar-refractivity contribution is 5.84. The lowest BCUT2D eigenvalue weighted by atomic mass is 10.0. The van der Waals surface area contributed by atoms with Crippen LogP contribution in [0, 0.1) is 5.92 Å². The van der Waals surface area contributed by atoms with Crippen LogP contribution in [0.15, 0.2) is 72.8 Å². The first-order valence-electron chi connectivity index (χ1n) is 12.9. The van der Waals surface area contributed by atoms with E-state index in [9.17, 15) is 0 Å². The molecule has 0 aliphatic rings. The fourth-order valence-electron chi connectivity index (χ4n) is 3.08. The van der Waals surface area contributed by atoms with Crippen LogP contribution in [0.3, 0.4) is 0 Å². The van der Waals surface area contributed by atoms with Crippen molar-refractivity contribution in [1.29, 1.82) is 0 Å². The number of hydrogen-bond donors (Lipinski definition) is 4. The number of fused-ring (bicyclic) bond motifs is 2. The SMILES string of the molecule is CC.CC.CC(C)C.OCc1ccc2cc(CO)ccc2c1.OCc1ccc2cc(CO)ccc2c1. The minimum Gasteiger partial charge on any atom is -0.392 e. The Morgan fingerprint density at radius 2 is 0.583 bits per heavy atom. The van der Waals surface area contributed by atoms with Gasteiger partial charge >= 0.3 is 0 Å². The summed E-state index contributed by atoms with van der Waals surface area (Å²) in [5.41, 5.74) is 3.65. The molecule has 198 valence electrons. The van der Waals surface area contributed by atoms with Gasteiger partial charge in [0.15, 0.2) is 0 Å². The van der Waals surface area contributed by atoms with E-state index in [0.29, 0.717) is 0 Å². The van der Waals surface area contributed by atoms with Gasteiger partial charge in [-0.3, -0.25) is 0 Å². The molecule has 0 aliphatic carbocycles. The van der Waals surface area contributed by atoms with E-state index < -0.39 is 0 Å². The van der Waals surface area contributed by atoms with Crippen molar-refractivity contribution in [2.75, 3.05) is 0 Å². The van der Waals surface area contributed by atoms with Crippen LogP contribution in [-0.4, -0.2) is 20.4 Å². The molecule has 4 rings (SSSR count). The minimum atomic E-state index is 0.0672. The molecule has 4 aromatic rings. The van der Waals surface area contributed by atoms with E-state index in [0.717, 1.165) is 49.7 Å². The van der Waals surface area contributed by atoms with E-state index in [1.54, 1.807) is 0 Å². The Kier molecular flexibility index (Phi) is 17.9. The molecule has 0 unspecified atom stereocenters. The van der Waals surface area contributed by atoms with E-state index in [1.807, 2.05) is 100 Å². The maximum atomic E-state index is 8.96. The van der Waals surface area contributed by atoms with Crippen molar-refractivity contribution in [3.63, 3.8) is 0 Å². The summed E-state index contributed by atoms with van der Waals surface area (Å²) < 4.78 is 0. The Morgan fingerprint density at radius 1 is 0.417 bits per heavy atom. The lowest BCUT2D eigenvalue weighted by molar-refractivity contribution is 0.281. The lowest BCUT2D eigenvalue weighted by Gasteiger charge is -2.02. The first-order chi connectivity index (χ1) is 17.4. The van der Waals surface area contributed by atoms with E-state index in [1.165, 1.54) is 0 Å². The first kappa shape index (κ1) is 33.2. The predicted molar refractivity (Wildman–Crippen MR) is 155 cm³/mol. The predicted octanol–water partition coefficient (Wildman–Crippen LogP) is 7.36. The fourth-order valence-corrected chi connectivity index (χ4v) is 3.08. The molecular weight excluding hydrogens is 448 g/mol. The van der Waals surface area contributed by atoms with Gasteiger partial charge in [-0.25, -0.2) is 0 Å². The maximum Gasteiger partial charge on any atom is 0.0682 e. The molecule has 0 heterocycles. The second-order valence-corrected chi connectivity index (χ2v) is 8.40. The van der Waals surface area contributed by atoms with Crippen LogP contribution in [0.5, 0.6) is 0 Å². The summed E-state index contributed by atoms with van der Waals surface area (Å²) in [5, 5.41) is 40.2. The topological polar surface area (TPSA) is 80.9 Å². The monoisotopic (exact) mass is 494 g/mol. The highest BCUT2D eigenvalue weighted by Crippen LogP contribution is 2.19. The fraction of sp³-hybridized carbons (Fsp3) is 0.375. The molecule has 0 saturated heterocycles. The quantitative estimate of drug-likeness (QED) is 0.239. The van der Waals surface area contributed by atoms with E-state index in [4.69, 9.17) is 20.4 Å². The van der Waals surface area contributed by atoms with E-state index >= 15 is 0 Å². The maximum absolute atomic E-state index is 8.96. The van der Waals surface area contributed by atoms with Crippen molar-refractivity contribution in [1.82, 2.24) is 0 Å². The Morgan fingerprint density at radius 3 is 0.722 bits per heavy atom. The molecule has 0 amide bonds. The van der Waals surface area contributed by atoms with Gasteiger partial charge in [0.1, 0.15) is 0 Å². The molecule has 36 heavy (non-hydrogen) atoms. The first-order valence-corrected chi connectivity index (χ1v) is 12.9. The average molecular weight is 495 g/mol. The largest absolute Gasteiger partial charge is 0.392 e. The Balaban J connectivity index is 0.000000531. The second kappa shape index (κ2) is 19.4. The van der Waals surface area contributed by atoms with Crippen molar-refractivity contribution >= 4 is 21.5 Å². The molecule has 0 saturated carbocycles. The number of aliphatic hydroxyl groups excluding tert-OH is 4. The molecule has 0 aliphatic heterocycles. The number of aliphatic hydroxyl groups is 4. The summed E-state index contributed by atoms with van der Waals surface area (Å²) in [7, 11) is 0. The standard InChI is InChI=1S/2C12H12O2.C4H10.2C2H6/c2*13-7-9-1-3-11-6-10(8-14)2-4-12(11)5-9;1-4(2)3;2*1-2/h2*1-6,13-14H,7-8H2;4H,1-3H3;2*1-2H3. The third kappa shape index (κ3) is 11.8. The molecule has 0 fully saturated rings.